The summed E-state index contributed by atoms with van der Waals surface area (Å²) in [6.45, 7) is 11.3. The number of aliphatic hydroxyl groups is 1. The average molecular weight is 236 g/mol. The molecule has 0 atom stereocenters. The van der Waals surface area contributed by atoms with Crippen molar-refractivity contribution in [2.45, 2.75) is 45.8 Å². The molecule has 1 radical (unpaired) electrons. The summed E-state index contributed by atoms with van der Waals surface area (Å²) < 4.78 is 5.69. The van der Waals surface area contributed by atoms with Crippen molar-refractivity contribution in [2.75, 3.05) is 13.1 Å². The zero-order valence-corrected chi connectivity index (χ0v) is 11.5. The van der Waals surface area contributed by atoms with Gasteiger partial charge in [-0.05, 0) is 46.9 Å². The highest BCUT2D eigenvalue weighted by Crippen LogP contribution is 2.25. The molecule has 17 heavy (non-hydrogen) atoms. The maximum atomic E-state index is 9.96. The van der Waals surface area contributed by atoms with Gasteiger partial charge in [-0.25, -0.2) is 0 Å². The molecule has 0 aromatic carbocycles. The van der Waals surface area contributed by atoms with Gasteiger partial charge in [-0.3, -0.25) is 0 Å². The lowest BCUT2D eigenvalue weighted by atomic mass is 9.81. The van der Waals surface area contributed by atoms with Crippen LogP contribution in [0.25, 0.3) is 0 Å². The summed E-state index contributed by atoms with van der Waals surface area (Å²) in [6.07, 6.45) is 6.20. The largest absolute Gasteiger partial charge is 0.427 e. The van der Waals surface area contributed by atoms with Gasteiger partial charge >= 0.3 is 7.48 Å². The Morgan fingerprint density at radius 3 is 2.47 bits per heavy atom. The molecule has 95 valence electrons. The summed E-state index contributed by atoms with van der Waals surface area (Å²) in [5.41, 5.74) is -0.436. The number of likely N-dealkylation sites (N-methyl/N-ethyl adjacent to an activating group) is 1. The molecule has 1 N–H and O–H groups in total. The molecular weight excluding hydrogens is 213 g/mol. The minimum Gasteiger partial charge on any atom is -0.427 e. The molecule has 0 saturated heterocycles. The van der Waals surface area contributed by atoms with E-state index in [4.69, 9.17) is 4.65 Å². The van der Waals surface area contributed by atoms with Crippen LogP contribution in [-0.4, -0.2) is 41.8 Å². The van der Waals surface area contributed by atoms with Crippen molar-refractivity contribution in [2.24, 2.45) is 0 Å². The Bertz CT molecular complexity index is 316. The van der Waals surface area contributed by atoms with Crippen molar-refractivity contribution in [1.82, 2.24) is 4.90 Å². The maximum Gasteiger partial charge on any atom is 0.330 e. The summed E-state index contributed by atoms with van der Waals surface area (Å²) in [5.74, 6) is 0. The number of allylic oxidation sites excluding steroid dienone is 2. The SMILES string of the molecule is CCN1C=CC([B]OC(C)(C)C(C)(C)O)=CC1. The molecule has 0 spiro atoms. The molecule has 1 aliphatic heterocycles. The molecule has 0 saturated carbocycles. The average Bonchev–Trinajstić information content (AvgIpc) is 2.25. The van der Waals surface area contributed by atoms with Gasteiger partial charge in [-0.15, -0.1) is 0 Å². The van der Waals surface area contributed by atoms with Crippen molar-refractivity contribution in [1.29, 1.82) is 0 Å². The molecule has 0 aromatic rings. The van der Waals surface area contributed by atoms with Crippen LogP contribution in [0.5, 0.6) is 0 Å². The van der Waals surface area contributed by atoms with E-state index >= 15 is 0 Å². The summed E-state index contributed by atoms with van der Waals surface area (Å²) in [4.78, 5) is 2.21. The van der Waals surface area contributed by atoms with Crippen molar-refractivity contribution in [3.63, 3.8) is 0 Å². The molecule has 0 aliphatic carbocycles. The Kier molecular flexibility index (Phi) is 4.45. The Morgan fingerprint density at radius 1 is 1.41 bits per heavy atom. The molecule has 1 heterocycles. The highest BCUT2D eigenvalue weighted by molar-refractivity contribution is 6.39. The highest BCUT2D eigenvalue weighted by atomic mass is 16.5. The third-order valence-corrected chi connectivity index (χ3v) is 3.41. The first kappa shape index (κ1) is 14.3. The van der Waals surface area contributed by atoms with Gasteiger partial charge in [0.15, 0.2) is 0 Å². The second kappa shape index (κ2) is 5.28. The van der Waals surface area contributed by atoms with Crippen molar-refractivity contribution < 1.29 is 9.76 Å². The lowest BCUT2D eigenvalue weighted by Gasteiger charge is -2.37. The molecule has 0 fully saturated rings. The first-order valence-electron chi connectivity index (χ1n) is 6.12. The van der Waals surface area contributed by atoms with Crippen LogP contribution in [0.15, 0.2) is 23.8 Å². The van der Waals surface area contributed by atoms with Crippen molar-refractivity contribution in [3.05, 3.63) is 23.8 Å². The van der Waals surface area contributed by atoms with Crippen LogP contribution in [0.2, 0.25) is 0 Å². The van der Waals surface area contributed by atoms with Gasteiger partial charge in [0.2, 0.25) is 0 Å². The van der Waals surface area contributed by atoms with Crippen LogP contribution >= 0.6 is 0 Å². The van der Waals surface area contributed by atoms with Crippen LogP contribution in [0.1, 0.15) is 34.6 Å². The number of nitrogens with zero attached hydrogens (tertiary/aromatic N) is 1. The maximum absolute atomic E-state index is 9.96. The quantitative estimate of drug-likeness (QED) is 0.740. The van der Waals surface area contributed by atoms with Crippen LogP contribution in [0, 0.1) is 0 Å². The molecule has 4 heteroatoms. The Hall–Kier alpha value is -0.735. The van der Waals surface area contributed by atoms with E-state index in [0.717, 1.165) is 18.6 Å². The fraction of sp³-hybridized carbons (Fsp3) is 0.692. The van der Waals surface area contributed by atoms with E-state index in [0.29, 0.717) is 0 Å². The van der Waals surface area contributed by atoms with E-state index in [-0.39, 0.29) is 0 Å². The zero-order chi connectivity index (χ0) is 13.1. The Balaban J connectivity index is 2.48. The molecule has 0 unspecified atom stereocenters. The fourth-order valence-corrected chi connectivity index (χ4v) is 1.22. The van der Waals surface area contributed by atoms with Crippen LogP contribution in [0.4, 0.5) is 0 Å². The summed E-state index contributed by atoms with van der Waals surface area (Å²) in [6, 6.07) is 0. The molecular formula is C13H23BNO2. The molecule has 0 aromatic heterocycles. The van der Waals surface area contributed by atoms with Gasteiger partial charge in [0.25, 0.3) is 0 Å². The van der Waals surface area contributed by atoms with E-state index < -0.39 is 11.2 Å². The van der Waals surface area contributed by atoms with Gasteiger partial charge in [0.1, 0.15) is 0 Å². The summed E-state index contributed by atoms with van der Waals surface area (Å²) >= 11 is 0. The smallest absolute Gasteiger partial charge is 0.330 e. The second-order valence-corrected chi connectivity index (χ2v) is 5.41. The van der Waals surface area contributed by atoms with Gasteiger partial charge in [0.05, 0.1) is 11.2 Å². The number of rotatable bonds is 5. The molecule has 3 nitrogen and oxygen atoms in total. The van der Waals surface area contributed by atoms with E-state index in [9.17, 15) is 5.11 Å². The standard InChI is InChI=1S/C13H23BNO2/c1-6-15-9-7-11(8-10-15)14-17-13(4,5)12(2,3)16/h7-9,16H,6,10H2,1-5H3. The van der Waals surface area contributed by atoms with E-state index in [1.165, 1.54) is 0 Å². The van der Waals surface area contributed by atoms with Crippen LogP contribution in [-0.2, 0) is 4.65 Å². The molecule has 0 bridgehead atoms. The van der Waals surface area contributed by atoms with Crippen molar-refractivity contribution in [3.8, 4) is 0 Å². The highest BCUT2D eigenvalue weighted by Gasteiger charge is 2.35. The topological polar surface area (TPSA) is 32.7 Å². The third kappa shape index (κ3) is 3.89. The normalized spacial score (nSPS) is 17.1. The van der Waals surface area contributed by atoms with Gasteiger partial charge in [-0.1, -0.05) is 11.5 Å². The zero-order valence-electron chi connectivity index (χ0n) is 11.5. The van der Waals surface area contributed by atoms with Gasteiger partial charge in [-0.2, -0.15) is 0 Å². The molecule has 0 amide bonds. The van der Waals surface area contributed by atoms with Crippen LogP contribution in [0.3, 0.4) is 0 Å². The van der Waals surface area contributed by atoms with Crippen molar-refractivity contribution >= 4 is 7.48 Å². The first-order chi connectivity index (χ1) is 7.76. The third-order valence-electron chi connectivity index (χ3n) is 3.41. The predicted octanol–water partition coefficient (Wildman–Crippen LogP) is 1.90. The van der Waals surface area contributed by atoms with E-state index in [2.05, 4.69) is 24.1 Å². The Morgan fingerprint density at radius 2 is 2.06 bits per heavy atom. The van der Waals surface area contributed by atoms with Gasteiger partial charge in [0, 0.05) is 13.1 Å². The number of hydrogen-bond acceptors (Lipinski definition) is 3. The minimum atomic E-state index is -0.877. The molecule has 1 aliphatic rings. The summed E-state index contributed by atoms with van der Waals surface area (Å²) in [5, 5.41) is 9.96. The second-order valence-electron chi connectivity index (χ2n) is 5.41. The predicted molar refractivity (Wildman–Crippen MR) is 71.7 cm³/mol. The van der Waals surface area contributed by atoms with E-state index in [1.807, 2.05) is 19.9 Å². The van der Waals surface area contributed by atoms with Gasteiger partial charge < -0.3 is 14.7 Å². The minimum absolute atomic E-state index is 0.608. The fourth-order valence-electron chi connectivity index (χ4n) is 1.22. The van der Waals surface area contributed by atoms with Crippen LogP contribution < -0.4 is 0 Å². The lowest BCUT2D eigenvalue weighted by Crippen LogP contribution is -2.48. The Labute approximate surface area is 105 Å². The van der Waals surface area contributed by atoms with E-state index in [1.54, 1.807) is 21.3 Å². The lowest BCUT2D eigenvalue weighted by molar-refractivity contribution is -0.0896. The number of hydrogen-bond donors (Lipinski definition) is 1. The molecule has 1 rings (SSSR count). The summed E-state index contributed by atoms with van der Waals surface area (Å²) in [7, 11) is 1.72. The monoisotopic (exact) mass is 236 g/mol. The first-order valence-corrected chi connectivity index (χ1v) is 6.12.